The van der Waals surface area contributed by atoms with Crippen molar-refractivity contribution in [3.63, 3.8) is 0 Å². The Balaban J connectivity index is 1.63. The van der Waals surface area contributed by atoms with E-state index in [1.807, 2.05) is 18.2 Å². The van der Waals surface area contributed by atoms with Gasteiger partial charge in [-0.15, -0.1) is 0 Å². The molecule has 1 heterocycles. The van der Waals surface area contributed by atoms with Crippen LogP contribution in [0.5, 0.6) is 5.75 Å². The SMILES string of the molecule is COc1ccccc1NCC(O)CN1C(=O)c2ccccc2C1=O. The second-order valence-electron chi connectivity index (χ2n) is 5.50. The number of β-amino-alcohol motifs (C(OH)–C–C–N with tert-alkyl or cyclic N) is 1. The number of aliphatic hydroxyl groups is 1. The number of carbonyl (C=O) groups excluding carboxylic acids is 2. The molecule has 0 fully saturated rings. The normalized spacial score (nSPS) is 14.5. The lowest BCUT2D eigenvalue weighted by Crippen LogP contribution is -2.39. The number of fused-ring (bicyclic) bond motifs is 1. The lowest BCUT2D eigenvalue weighted by molar-refractivity contribution is 0.0557. The van der Waals surface area contributed by atoms with E-state index < -0.39 is 6.10 Å². The Morgan fingerprint density at radius 3 is 2.25 bits per heavy atom. The molecule has 2 aromatic rings. The first-order valence-corrected chi connectivity index (χ1v) is 7.62. The van der Waals surface area contributed by atoms with Gasteiger partial charge < -0.3 is 15.2 Å². The van der Waals surface area contributed by atoms with Crippen LogP contribution in [0, 0.1) is 0 Å². The van der Waals surface area contributed by atoms with Crippen molar-refractivity contribution < 1.29 is 19.4 Å². The van der Waals surface area contributed by atoms with Crippen molar-refractivity contribution in [1.29, 1.82) is 0 Å². The zero-order valence-corrected chi connectivity index (χ0v) is 13.2. The summed E-state index contributed by atoms with van der Waals surface area (Å²) in [5.74, 6) is -0.0793. The number of aliphatic hydroxyl groups excluding tert-OH is 1. The van der Waals surface area contributed by atoms with E-state index in [9.17, 15) is 14.7 Å². The third kappa shape index (κ3) is 2.96. The Labute approximate surface area is 139 Å². The van der Waals surface area contributed by atoms with Crippen LogP contribution < -0.4 is 10.1 Å². The highest BCUT2D eigenvalue weighted by Crippen LogP contribution is 2.24. The summed E-state index contributed by atoms with van der Waals surface area (Å²) < 4.78 is 5.22. The van der Waals surface area contributed by atoms with Gasteiger partial charge in [0.2, 0.25) is 0 Å². The van der Waals surface area contributed by atoms with E-state index in [1.54, 1.807) is 37.4 Å². The Morgan fingerprint density at radius 1 is 1.04 bits per heavy atom. The molecule has 1 aliphatic heterocycles. The van der Waals surface area contributed by atoms with Crippen LogP contribution in [0.25, 0.3) is 0 Å². The molecule has 1 unspecified atom stereocenters. The van der Waals surface area contributed by atoms with Gasteiger partial charge in [-0.1, -0.05) is 24.3 Å². The number of para-hydroxylation sites is 2. The first kappa shape index (κ1) is 16.0. The van der Waals surface area contributed by atoms with Crippen molar-refractivity contribution in [2.45, 2.75) is 6.10 Å². The average molecular weight is 326 g/mol. The maximum Gasteiger partial charge on any atom is 0.261 e. The number of nitrogens with one attached hydrogen (secondary N) is 1. The van der Waals surface area contributed by atoms with Gasteiger partial charge in [-0.3, -0.25) is 14.5 Å². The van der Waals surface area contributed by atoms with E-state index in [4.69, 9.17) is 4.74 Å². The van der Waals surface area contributed by atoms with E-state index >= 15 is 0 Å². The summed E-state index contributed by atoms with van der Waals surface area (Å²) in [6.07, 6.45) is -0.892. The van der Waals surface area contributed by atoms with Crippen LogP contribution in [0.15, 0.2) is 48.5 Å². The summed E-state index contributed by atoms with van der Waals surface area (Å²) in [6, 6.07) is 14.0. The molecule has 0 aromatic heterocycles. The van der Waals surface area contributed by atoms with Crippen LogP contribution in [0.2, 0.25) is 0 Å². The van der Waals surface area contributed by atoms with Crippen molar-refractivity contribution in [2.75, 3.05) is 25.5 Å². The Hall–Kier alpha value is -2.86. The summed E-state index contributed by atoms with van der Waals surface area (Å²) in [4.78, 5) is 25.6. The Bertz CT molecular complexity index is 740. The highest BCUT2D eigenvalue weighted by molar-refractivity contribution is 6.21. The van der Waals surface area contributed by atoms with Crippen LogP contribution >= 0.6 is 0 Å². The molecular formula is C18H18N2O4. The summed E-state index contributed by atoms with van der Waals surface area (Å²) in [5.41, 5.74) is 1.50. The molecule has 3 rings (SSSR count). The predicted octanol–water partition coefficient (Wildman–Crippen LogP) is 1.76. The van der Waals surface area contributed by atoms with E-state index in [2.05, 4.69) is 5.32 Å². The van der Waals surface area contributed by atoms with Crippen molar-refractivity contribution in [1.82, 2.24) is 4.90 Å². The fraction of sp³-hybridized carbons (Fsp3) is 0.222. The second kappa shape index (κ2) is 6.72. The van der Waals surface area contributed by atoms with Crippen molar-refractivity contribution >= 4 is 17.5 Å². The molecule has 0 radical (unpaired) electrons. The summed E-state index contributed by atoms with van der Waals surface area (Å²) in [7, 11) is 1.57. The van der Waals surface area contributed by atoms with Crippen LogP contribution in [0.1, 0.15) is 20.7 Å². The molecule has 0 bridgehead atoms. The van der Waals surface area contributed by atoms with Gasteiger partial charge in [0.25, 0.3) is 11.8 Å². The minimum atomic E-state index is -0.892. The zero-order chi connectivity index (χ0) is 17.1. The smallest absolute Gasteiger partial charge is 0.261 e. The summed E-state index contributed by atoms with van der Waals surface area (Å²) >= 11 is 0. The Morgan fingerprint density at radius 2 is 1.62 bits per heavy atom. The lowest BCUT2D eigenvalue weighted by atomic mass is 10.1. The number of methoxy groups -OCH3 is 1. The molecule has 0 spiro atoms. The summed E-state index contributed by atoms with van der Waals surface area (Å²) in [5, 5.41) is 13.3. The monoisotopic (exact) mass is 326 g/mol. The van der Waals surface area contributed by atoms with E-state index in [-0.39, 0.29) is 24.9 Å². The molecule has 124 valence electrons. The predicted molar refractivity (Wildman–Crippen MR) is 89.3 cm³/mol. The number of imide groups is 1. The molecule has 0 saturated carbocycles. The first-order valence-electron chi connectivity index (χ1n) is 7.62. The number of anilines is 1. The first-order chi connectivity index (χ1) is 11.6. The minimum absolute atomic E-state index is 0.0610. The quantitative estimate of drug-likeness (QED) is 0.791. The number of hydrogen-bond acceptors (Lipinski definition) is 5. The number of rotatable bonds is 6. The molecule has 0 aliphatic carbocycles. The Kier molecular flexibility index (Phi) is 4.48. The van der Waals surface area contributed by atoms with Gasteiger partial charge in [0, 0.05) is 6.54 Å². The maximum absolute atomic E-state index is 12.3. The molecule has 24 heavy (non-hydrogen) atoms. The highest BCUT2D eigenvalue weighted by Gasteiger charge is 2.35. The van der Waals surface area contributed by atoms with Crippen molar-refractivity contribution in [2.24, 2.45) is 0 Å². The number of benzene rings is 2. The van der Waals surface area contributed by atoms with Gasteiger partial charge in [0.1, 0.15) is 5.75 Å². The standard InChI is InChI=1S/C18H18N2O4/c1-24-16-9-5-4-8-15(16)19-10-12(21)11-20-17(22)13-6-2-3-7-14(13)18(20)23/h2-9,12,19,21H,10-11H2,1H3. The topological polar surface area (TPSA) is 78.9 Å². The number of amides is 2. The molecular weight excluding hydrogens is 308 g/mol. The van der Waals surface area contributed by atoms with Crippen LogP contribution in [0.3, 0.4) is 0 Å². The molecule has 6 nitrogen and oxygen atoms in total. The fourth-order valence-corrected chi connectivity index (χ4v) is 2.70. The van der Waals surface area contributed by atoms with Gasteiger partial charge in [-0.05, 0) is 24.3 Å². The molecule has 2 N–H and O–H groups in total. The van der Waals surface area contributed by atoms with E-state index in [1.165, 1.54) is 0 Å². The average Bonchev–Trinajstić information content (AvgIpc) is 2.85. The molecule has 0 saturated heterocycles. The number of hydrogen-bond donors (Lipinski definition) is 2. The van der Waals surface area contributed by atoms with Crippen LogP contribution in [0.4, 0.5) is 5.69 Å². The zero-order valence-electron chi connectivity index (χ0n) is 13.2. The number of nitrogens with zero attached hydrogens (tertiary/aromatic N) is 1. The van der Waals surface area contributed by atoms with Gasteiger partial charge in [-0.2, -0.15) is 0 Å². The molecule has 2 aromatic carbocycles. The fourth-order valence-electron chi connectivity index (χ4n) is 2.70. The maximum atomic E-state index is 12.3. The molecule has 6 heteroatoms. The van der Waals surface area contributed by atoms with Crippen LogP contribution in [-0.2, 0) is 0 Å². The largest absolute Gasteiger partial charge is 0.495 e. The molecule has 1 atom stereocenters. The van der Waals surface area contributed by atoms with E-state index in [0.717, 1.165) is 10.6 Å². The molecule has 2 amide bonds. The molecule has 1 aliphatic rings. The minimum Gasteiger partial charge on any atom is -0.495 e. The lowest BCUT2D eigenvalue weighted by Gasteiger charge is -2.20. The van der Waals surface area contributed by atoms with Gasteiger partial charge >= 0.3 is 0 Å². The van der Waals surface area contributed by atoms with E-state index in [0.29, 0.717) is 16.9 Å². The number of ether oxygens (including phenoxy) is 1. The van der Waals surface area contributed by atoms with Gasteiger partial charge in [0.15, 0.2) is 0 Å². The highest BCUT2D eigenvalue weighted by atomic mass is 16.5. The summed E-state index contributed by atoms with van der Waals surface area (Å²) in [6.45, 7) is 0.127. The van der Waals surface area contributed by atoms with Gasteiger partial charge in [-0.25, -0.2) is 0 Å². The van der Waals surface area contributed by atoms with Crippen molar-refractivity contribution in [3.8, 4) is 5.75 Å². The third-order valence-electron chi connectivity index (χ3n) is 3.91. The van der Waals surface area contributed by atoms with Gasteiger partial charge in [0.05, 0.1) is 36.6 Å². The van der Waals surface area contributed by atoms with Crippen LogP contribution in [-0.4, -0.2) is 48.1 Å². The van der Waals surface area contributed by atoms with Crippen molar-refractivity contribution in [3.05, 3.63) is 59.7 Å². The second-order valence-corrected chi connectivity index (χ2v) is 5.50. The third-order valence-corrected chi connectivity index (χ3v) is 3.91. The number of carbonyl (C=O) groups is 2.